The van der Waals surface area contributed by atoms with Crippen molar-refractivity contribution in [3.8, 4) is 11.5 Å². The van der Waals surface area contributed by atoms with E-state index in [1.807, 2.05) is 43.3 Å². The first-order valence-corrected chi connectivity index (χ1v) is 5.88. The minimum absolute atomic E-state index is 0.115. The number of hydrogen-bond donors (Lipinski definition) is 2. The van der Waals surface area contributed by atoms with E-state index in [0.717, 1.165) is 17.0 Å². The van der Waals surface area contributed by atoms with E-state index in [0.29, 0.717) is 0 Å². The number of anilines is 1. The first-order valence-electron chi connectivity index (χ1n) is 5.88. The highest BCUT2D eigenvalue weighted by Gasteiger charge is 2.06. The van der Waals surface area contributed by atoms with Crippen LogP contribution in [-0.2, 0) is 0 Å². The van der Waals surface area contributed by atoms with Gasteiger partial charge in [0.25, 0.3) is 0 Å². The Bertz CT molecular complexity index is 525. The molecule has 3 heteroatoms. The van der Waals surface area contributed by atoms with E-state index in [9.17, 15) is 5.11 Å². The lowest BCUT2D eigenvalue weighted by Gasteiger charge is -2.16. The minimum atomic E-state index is 0.115. The van der Waals surface area contributed by atoms with Crippen LogP contribution in [0.5, 0.6) is 11.5 Å². The van der Waals surface area contributed by atoms with Gasteiger partial charge in [0.1, 0.15) is 11.5 Å². The molecule has 0 aliphatic heterocycles. The van der Waals surface area contributed by atoms with Gasteiger partial charge in [-0.05, 0) is 36.8 Å². The van der Waals surface area contributed by atoms with Crippen molar-refractivity contribution in [2.75, 3.05) is 12.4 Å². The fourth-order valence-corrected chi connectivity index (χ4v) is 1.84. The van der Waals surface area contributed by atoms with Gasteiger partial charge < -0.3 is 15.2 Å². The molecule has 2 aromatic rings. The van der Waals surface area contributed by atoms with Crippen LogP contribution in [-0.4, -0.2) is 12.2 Å². The number of rotatable bonds is 4. The third kappa shape index (κ3) is 2.94. The molecule has 0 heterocycles. The second-order valence-corrected chi connectivity index (χ2v) is 4.19. The highest BCUT2D eigenvalue weighted by atomic mass is 16.5. The molecule has 0 aromatic heterocycles. The Morgan fingerprint density at radius 2 is 1.89 bits per heavy atom. The average Bonchev–Trinajstić information content (AvgIpc) is 2.39. The van der Waals surface area contributed by atoms with Crippen LogP contribution in [0.4, 0.5) is 5.69 Å². The van der Waals surface area contributed by atoms with Crippen molar-refractivity contribution < 1.29 is 9.84 Å². The Labute approximate surface area is 107 Å². The van der Waals surface area contributed by atoms with Crippen LogP contribution in [0.1, 0.15) is 18.5 Å². The van der Waals surface area contributed by atoms with Gasteiger partial charge in [0, 0.05) is 17.8 Å². The van der Waals surface area contributed by atoms with Crippen molar-refractivity contribution in [3.63, 3.8) is 0 Å². The highest BCUT2D eigenvalue weighted by Crippen LogP contribution is 2.24. The van der Waals surface area contributed by atoms with Crippen LogP contribution in [0.25, 0.3) is 0 Å². The normalized spacial score (nSPS) is 11.9. The van der Waals surface area contributed by atoms with Crippen LogP contribution in [0.15, 0.2) is 48.5 Å². The summed E-state index contributed by atoms with van der Waals surface area (Å²) in [5.41, 5.74) is 2.03. The summed E-state index contributed by atoms with van der Waals surface area (Å²) < 4.78 is 5.18. The molecule has 1 atom stereocenters. The minimum Gasteiger partial charge on any atom is -0.508 e. The quantitative estimate of drug-likeness (QED) is 0.862. The van der Waals surface area contributed by atoms with E-state index in [2.05, 4.69) is 5.32 Å². The molecule has 18 heavy (non-hydrogen) atoms. The topological polar surface area (TPSA) is 41.5 Å². The molecule has 0 fully saturated rings. The summed E-state index contributed by atoms with van der Waals surface area (Å²) in [7, 11) is 1.65. The summed E-state index contributed by atoms with van der Waals surface area (Å²) >= 11 is 0. The number of aromatic hydroxyl groups is 1. The summed E-state index contributed by atoms with van der Waals surface area (Å²) in [5.74, 6) is 1.11. The van der Waals surface area contributed by atoms with E-state index in [1.54, 1.807) is 19.2 Å². The fraction of sp³-hybridized carbons (Fsp3) is 0.200. The monoisotopic (exact) mass is 243 g/mol. The van der Waals surface area contributed by atoms with Gasteiger partial charge in [0.2, 0.25) is 0 Å². The maximum atomic E-state index is 9.46. The number of phenols is 1. The largest absolute Gasteiger partial charge is 0.508 e. The molecule has 0 radical (unpaired) electrons. The molecule has 94 valence electrons. The Kier molecular flexibility index (Phi) is 3.72. The van der Waals surface area contributed by atoms with E-state index in [4.69, 9.17) is 4.74 Å². The predicted octanol–water partition coefficient (Wildman–Crippen LogP) is 3.57. The summed E-state index contributed by atoms with van der Waals surface area (Å²) in [6.07, 6.45) is 0. The lowest BCUT2D eigenvalue weighted by molar-refractivity contribution is 0.415. The van der Waals surface area contributed by atoms with Crippen LogP contribution in [0.3, 0.4) is 0 Å². The van der Waals surface area contributed by atoms with Gasteiger partial charge in [-0.3, -0.25) is 0 Å². The Hall–Kier alpha value is -2.16. The van der Waals surface area contributed by atoms with E-state index in [1.165, 1.54) is 0 Å². The molecule has 0 aliphatic rings. The summed E-state index contributed by atoms with van der Waals surface area (Å²) in [6, 6.07) is 15.1. The molecule has 1 unspecified atom stereocenters. The fourth-order valence-electron chi connectivity index (χ4n) is 1.84. The van der Waals surface area contributed by atoms with Crippen LogP contribution in [0.2, 0.25) is 0 Å². The molecule has 2 rings (SSSR count). The molecule has 2 N–H and O–H groups in total. The summed E-state index contributed by atoms with van der Waals surface area (Å²) in [5, 5.41) is 12.8. The van der Waals surface area contributed by atoms with E-state index in [-0.39, 0.29) is 11.8 Å². The van der Waals surface area contributed by atoms with Crippen LogP contribution in [0, 0.1) is 0 Å². The van der Waals surface area contributed by atoms with Crippen molar-refractivity contribution in [2.45, 2.75) is 13.0 Å². The molecule has 0 aliphatic carbocycles. The SMILES string of the molecule is COc1cccc(NC(C)c2cccc(O)c2)c1. The zero-order valence-corrected chi connectivity index (χ0v) is 10.6. The lowest BCUT2D eigenvalue weighted by Crippen LogP contribution is -2.06. The van der Waals surface area contributed by atoms with Crippen LogP contribution >= 0.6 is 0 Å². The Morgan fingerprint density at radius 3 is 2.61 bits per heavy atom. The third-order valence-electron chi connectivity index (χ3n) is 2.82. The Balaban J connectivity index is 2.13. The Morgan fingerprint density at radius 1 is 1.11 bits per heavy atom. The average molecular weight is 243 g/mol. The van der Waals surface area contributed by atoms with Crippen molar-refractivity contribution in [2.24, 2.45) is 0 Å². The standard InChI is InChI=1S/C15H17NO2/c1-11(12-5-3-7-14(17)9-12)16-13-6-4-8-15(10-13)18-2/h3-11,16-17H,1-2H3. The lowest BCUT2D eigenvalue weighted by atomic mass is 10.1. The van der Waals surface area contributed by atoms with Crippen molar-refractivity contribution in [1.82, 2.24) is 0 Å². The molecule has 0 spiro atoms. The zero-order chi connectivity index (χ0) is 13.0. The number of hydrogen-bond acceptors (Lipinski definition) is 3. The smallest absolute Gasteiger partial charge is 0.120 e. The second-order valence-electron chi connectivity index (χ2n) is 4.19. The molecule has 0 saturated heterocycles. The van der Waals surface area contributed by atoms with Crippen molar-refractivity contribution in [3.05, 3.63) is 54.1 Å². The van der Waals surface area contributed by atoms with Gasteiger partial charge in [0.15, 0.2) is 0 Å². The summed E-state index contributed by atoms with van der Waals surface area (Å²) in [4.78, 5) is 0. The van der Waals surface area contributed by atoms with Crippen molar-refractivity contribution >= 4 is 5.69 Å². The van der Waals surface area contributed by atoms with E-state index < -0.39 is 0 Å². The number of methoxy groups -OCH3 is 1. The number of ether oxygens (including phenoxy) is 1. The van der Waals surface area contributed by atoms with Gasteiger partial charge in [0.05, 0.1) is 7.11 Å². The predicted molar refractivity (Wildman–Crippen MR) is 73.1 cm³/mol. The molecule has 3 nitrogen and oxygen atoms in total. The highest BCUT2D eigenvalue weighted by molar-refractivity contribution is 5.50. The molecular formula is C15H17NO2. The molecule has 2 aromatic carbocycles. The number of phenolic OH excluding ortho intramolecular Hbond substituents is 1. The van der Waals surface area contributed by atoms with Crippen molar-refractivity contribution in [1.29, 1.82) is 0 Å². The van der Waals surface area contributed by atoms with Gasteiger partial charge in [-0.1, -0.05) is 18.2 Å². The third-order valence-corrected chi connectivity index (χ3v) is 2.82. The first-order chi connectivity index (χ1) is 8.69. The van der Waals surface area contributed by atoms with E-state index >= 15 is 0 Å². The first kappa shape index (κ1) is 12.3. The van der Waals surface area contributed by atoms with Gasteiger partial charge in [-0.25, -0.2) is 0 Å². The van der Waals surface area contributed by atoms with Gasteiger partial charge in [-0.15, -0.1) is 0 Å². The molecule has 0 saturated carbocycles. The maximum Gasteiger partial charge on any atom is 0.120 e. The van der Waals surface area contributed by atoms with Gasteiger partial charge >= 0.3 is 0 Å². The molecular weight excluding hydrogens is 226 g/mol. The maximum absolute atomic E-state index is 9.46. The molecule has 0 bridgehead atoms. The van der Waals surface area contributed by atoms with Crippen LogP contribution < -0.4 is 10.1 Å². The second kappa shape index (κ2) is 5.45. The zero-order valence-electron chi connectivity index (χ0n) is 10.6. The number of nitrogens with one attached hydrogen (secondary N) is 1. The molecule has 0 amide bonds. The summed E-state index contributed by atoms with van der Waals surface area (Å²) in [6.45, 7) is 2.05. The van der Waals surface area contributed by atoms with Gasteiger partial charge in [-0.2, -0.15) is 0 Å². The number of benzene rings is 2.